The maximum atomic E-state index is 13.0. The van der Waals surface area contributed by atoms with Crippen LogP contribution in [0.1, 0.15) is 28.8 Å². The number of para-hydroxylation sites is 1. The number of aromatic nitrogens is 1. The van der Waals surface area contributed by atoms with Crippen molar-refractivity contribution in [2.45, 2.75) is 25.3 Å². The molecule has 0 radical (unpaired) electrons. The molecule has 2 aromatic rings. The average molecular weight is 326 g/mol. The first-order valence-electron chi connectivity index (χ1n) is 8.16. The van der Waals surface area contributed by atoms with Crippen LogP contribution in [0.15, 0.2) is 42.6 Å². The summed E-state index contributed by atoms with van der Waals surface area (Å²) in [5.74, 6) is 1.23. The fourth-order valence-electron chi connectivity index (χ4n) is 3.31. The van der Waals surface area contributed by atoms with E-state index < -0.39 is 0 Å². The Morgan fingerprint density at radius 1 is 1.21 bits per heavy atom. The van der Waals surface area contributed by atoms with Crippen LogP contribution in [0, 0.1) is 0 Å². The summed E-state index contributed by atoms with van der Waals surface area (Å²) in [6, 6.07) is 11.7. The Balaban J connectivity index is 1.81. The Morgan fingerprint density at radius 2 is 2.04 bits per heavy atom. The normalized spacial score (nSPS) is 16.9. The van der Waals surface area contributed by atoms with Crippen molar-refractivity contribution in [2.75, 3.05) is 20.8 Å². The van der Waals surface area contributed by atoms with Gasteiger partial charge in [0.25, 0.3) is 5.91 Å². The number of hydrogen-bond donors (Lipinski definition) is 0. The van der Waals surface area contributed by atoms with Crippen molar-refractivity contribution in [1.29, 1.82) is 0 Å². The van der Waals surface area contributed by atoms with E-state index >= 15 is 0 Å². The van der Waals surface area contributed by atoms with Crippen molar-refractivity contribution in [3.8, 4) is 11.6 Å². The zero-order valence-corrected chi connectivity index (χ0v) is 14.1. The van der Waals surface area contributed by atoms with E-state index in [1.54, 1.807) is 25.4 Å². The summed E-state index contributed by atoms with van der Waals surface area (Å²) in [6.07, 6.45) is 4.42. The Morgan fingerprint density at radius 3 is 2.83 bits per heavy atom. The van der Waals surface area contributed by atoms with Gasteiger partial charge in [-0.15, -0.1) is 0 Å². The highest BCUT2D eigenvalue weighted by Crippen LogP contribution is 2.28. The molecule has 1 saturated heterocycles. The van der Waals surface area contributed by atoms with Crippen LogP contribution in [0.5, 0.6) is 11.6 Å². The molecule has 1 unspecified atom stereocenters. The summed E-state index contributed by atoms with van der Waals surface area (Å²) in [5.41, 5.74) is 1.65. The van der Waals surface area contributed by atoms with E-state index in [2.05, 4.69) is 11.1 Å². The smallest absolute Gasteiger partial charge is 0.259 e. The van der Waals surface area contributed by atoms with Crippen LogP contribution in [-0.4, -0.2) is 42.6 Å². The number of likely N-dealkylation sites (tertiary alicyclic amines) is 1. The third-order valence-electron chi connectivity index (χ3n) is 4.48. The molecule has 0 spiro atoms. The second-order valence-corrected chi connectivity index (χ2v) is 5.87. The van der Waals surface area contributed by atoms with Crippen LogP contribution in [0.3, 0.4) is 0 Å². The Bertz CT molecular complexity index is 717. The Hall–Kier alpha value is -2.56. The molecule has 0 aliphatic carbocycles. The molecular formula is C19H22N2O3. The lowest BCUT2D eigenvalue weighted by Crippen LogP contribution is -2.37. The maximum absolute atomic E-state index is 13.0. The zero-order valence-electron chi connectivity index (χ0n) is 14.1. The second kappa shape index (κ2) is 7.34. The van der Waals surface area contributed by atoms with E-state index in [0.717, 1.165) is 37.1 Å². The maximum Gasteiger partial charge on any atom is 0.259 e. The van der Waals surface area contributed by atoms with E-state index in [1.165, 1.54) is 7.11 Å². The van der Waals surface area contributed by atoms with Crippen LogP contribution in [0.25, 0.3) is 0 Å². The van der Waals surface area contributed by atoms with Crippen LogP contribution >= 0.6 is 0 Å². The minimum atomic E-state index is -0.0163. The van der Waals surface area contributed by atoms with Gasteiger partial charge < -0.3 is 14.4 Å². The largest absolute Gasteiger partial charge is 0.496 e. The van der Waals surface area contributed by atoms with Crippen molar-refractivity contribution < 1.29 is 14.3 Å². The number of amides is 1. The summed E-state index contributed by atoms with van der Waals surface area (Å²) in [4.78, 5) is 19.0. The van der Waals surface area contributed by atoms with Gasteiger partial charge in [0.05, 0.1) is 14.2 Å². The fraction of sp³-hybridized carbons (Fsp3) is 0.368. The monoisotopic (exact) mass is 326 g/mol. The van der Waals surface area contributed by atoms with Crippen molar-refractivity contribution in [3.05, 3.63) is 53.7 Å². The number of rotatable bonds is 5. The van der Waals surface area contributed by atoms with E-state index in [-0.39, 0.29) is 11.9 Å². The number of carbonyl (C=O) groups is 1. The van der Waals surface area contributed by atoms with Gasteiger partial charge in [-0.05, 0) is 43.0 Å². The van der Waals surface area contributed by atoms with Crippen LogP contribution in [-0.2, 0) is 6.42 Å². The highest BCUT2D eigenvalue weighted by atomic mass is 16.5. The molecule has 5 heteroatoms. The molecule has 5 nitrogen and oxygen atoms in total. The third kappa shape index (κ3) is 3.20. The highest BCUT2D eigenvalue weighted by Gasteiger charge is 2.31. The van der Waals surface area contributed by atoms with Crippen LogP contribution in [0.4, 0.5) is 0 Å². The molecule has 1 aromatic heterocycles. The number of nitrogens with zero attached hydrogens (tertiary/aromatic N) is 2. The van der Waals surface area contributed by atoms with Crippen molar-refractivity contribution in [1.82, 2.24) is 9.88 Å². The first-order valence-corrected chi connectivity index (χ1v) is 8.16. The number of methoxy groups -OCH3 is 2. The standard InChI is InChI=1S/C19H22N2O3/c1-23-17-10-4-3-7-14(17)13-15-8-6-12-21(15)19(22)16-9-5-11-20-18(16)24-2/h3-5,7,9-11,15H,6,8,12-13H2,1-2H3. The summed E-state index contributed by atoms with van der Waals surface area (Å²) < 4.78 is 10.7. The molecule has 1 fully saturated rings. The van der Waals surface area contributed by atoms with Gasteiger partial charge >= 0.3 is 0 Å². The first kappa shape index (κ1) is 16.3. The molecule has 1 aliphatic rings. The van der Waals surface area contributed by atoms with Gasteiger partial charge in [-0.2, -0.15) is 0 Å². The number of pyridine rings is 1. The van der Waals surface area contributed by atoms with Gasteiger partial charge in [-0.1, -0.05) is 18.2 Å². The summed E-state index contributed by atoms with van der Waals surface area (Å²) in [6.45, 7) is 0.761. The van der Waals surface area contributed by atoms with Crippen LogP contribution in [0.2, 0.25) is 0 Å². The van der Waals surface area contributed by atoms with E-state index in [9.17, 15) is 4.79 Å². The molecule has 0 saturated carbocycles. The van der Waals surface area contributed by atoms with E-state index in [0.29, 0.717) is 11.4 Å². The van der Waals surface area contributed by atoms with Crippen LogP contribution < -0.4 is 9.47 Å². The molecule has 1 amide bonds. The van der Waals surface area contributed by atoms with E-state index in [4.69, 9.17) is 9.47 Å². The quantitative estimate of drug-likeness (QED) is 0.848. The Labute approximate surface area is 142 Å². The first-order chi connectivity index (χ1) is 11.7. The molecule has 1 aliphatic heterocycles. The average Bonchev–Trinajstić information content (AvgIpc) is 3.09. The van der Waals surface area contributed by atoms with Crippen molar-refractivity contribution >= 4 is 5.91 Å². The van der Waals surface area contributed by atoms with Gasteiger partial charge in [0.1, 0.15) is 11.3 Å². The second-order valence-electron chi connectivity index (χ2n) is 5.87. The predicted molar refractivity (Wildman–Crippen MR) is 91.5 cm³/mol. The predicted octanol–water partition coefficient (Wildman–Crippen LogP) is 2.95. The minimum Gasteiger partial charge on any atom is -0.496 e. The topological polar surface area (TPSA) is 51.7 Å². The fourth-order valence-corrected chi connectivity index (χ4v) is 3.31. The molecule has 1 aromatic carbocycles. The van der Waals surface area contributed by atoms with E-state index in [1.807, 2.05) is 23.1 Å². The number of carbonyl (C=O) groups excluding carboxylic acids is 1. The SMILES string of the molecule is COc1ccccc1CC1CCCN1C(=O)c1cccnc1OC. The molecule has 24 heavy (non-hydrogen) atoms. The van der Waals surface area contributed by atoms with Crippen molar-refractivity contribution in [3.63, 3.8) is 0 Å². The van der Waals surface area contributed by atoms with Crippen molar-refractivity contribution in [2.24, 2.45) is 0 Å². The number of ether oxygens (including phenoxy) is 2. The molecule has 126 valence electrons. The minimum absolute atomic E-state index is 0.0163. The molecule has 3 rings (SSSR count). The van der Waals surface area contributed by atoms with Gasteiger partial charge in [-0.25, -0.2) is 4.98 Å². The lowest BCUT2D eigenvalue weighted by atomic mass is 10.0. The van der Waals surface area contributed by atoms with Gasteiger partial charge in [0, 0.05) is 18.8 Å². The molecule has 0 bridgehead atoms. The highest BCUT2D eigenvalue weighted by molar-refractivity contribution is 5.96. The third-order valence-corrected chi connectivity index (χ3v) is 4.48. The summed E-state index contributed by atoms with van der Waals surface area (Å²) in [7, 11) is 3.21. The van der Waals surface area contributed by atoms with Gasteiger partial charge in [0.2, 0.25) is 5.88 Å². The Kier molecular flexibility index (Phi) is 4.99. The number of benzene rings is 1. The molecule has 1 atom stereocenters. The van der Waals surface area contributed by atoms with Gasteiger partial charge in [0.15, 0.2) is 0 Å². The summed E-state index contributed by atoms with van der Waals surface area (Å²) in [5, 5.41) is 0. The lowest BCUT2D eigenvalue weighted by molar-refractivity contribution is 0.0731. The zero-order chi connectivity index (χ0) is 16.9. The number of hydrogen-bond acceptors (Lipinski definition) is 4. The molecule has 2 heterocycles. The molecular weight excluding hydrogens is 304 g/mol. The molecule has 0 N–H and O–H groups in total. The lowest BCUT2D eigenvalue weighted by Gasteiger charge is -2.26. The summed E-state index contributed by atoms with van der Waals surface area (Å²) >= 11 is 0. The van der Waals surface area contributed by atoms with Gasteiger partial charge in [-0.3, -0.25) is 4.79 Å².